The fourth-order valence-corrected chi connectivity index (χ4v) is 2.86. The number of benzene rings is 2. The Kier molecular flexibility index (Phi) is 3.98. The van der Waals surface area contributed by atoms with Gasteiger partial charge in [-0.1, -0.05) is 29.3 Å². The lowest BCUT2D eigenvalue weighted by atomic mass is 9.99. The van der Waals surface area contributed by atoms with Crippen molar-refractivity contribution in [2.45, 2.75) is 13.0 Å². The fraction of sp³-hybridized carbons (Fsp3) is 0.250. The van der Waals surface area contributed by atoms with Crippen molar-refractivity contribution in [3.8, 4) is 22.6 Å². The van der Waals surface area contributed by atoms with Crippen LogP contribution in [0.1, 0.15) is 5.56 Å². The molecule has 0 saturated heterocycles. The van der Waals surface area contributed by atoms with Crippen LogP contribution in [0.2, 0.25) is 10.0 Å². The van der Waals surface area contributed by atoms with Crippen molar-refractivity contribution in [3.05, 3.63) is 45.9 Å². The molecule has 0 aliphatic carbocycles. The third kappa shape index (κ3) is 2.82. The van der Waals surface area contributed by atoms with Crippen LogP contribution in [0.5, 0.6) is 11.5 Å². The van der Waals surface area contributed by atoms with Gasteiger partial charge in [-0.25, -0.2) is 0 Å². The molecule has 1 aliphatic heterocycles. The maximum absolute atomic E-state index is 6.20. The summed E-state index contributed by atoms with van der Waals surface area (Å²) in [4.78, 5) is 0. The molecule has 0 unspecified atom stereocenters. The summed E-state index contributed by atoms with van der Waals surface area (Å²) in [5.41, 5.74) is 8.63. The molecule has 0 aromatic heterocycles. The summed E-state index contributed by atoms with van der Waals surface area (Å²) >= 11 is 12.2. The average molecular weight is 324 g/mol. The Labute approximate surface area is 133 Å². The van der Waals surface area contributed by atoms with Gasteiger partial charge in [0.1, 0.15) is 12.7 Å². The Morgan fingerprint density at radius 3 is 2.67 bits per heavy atom. The van der Waals surface area contributed by atoms with Crippen molar-refractivity contribution in [2.24, 2.45) is 5.73 Å². The molecule has 5 heteroatoms. The predicted molar refractivity (Wildman–Crippen MR) is 85.6 cm³/mol. The molecule has 1 aliphatic rings. The molecule has 1 heterocycles. The molecular formula is C16H15Cl2NO2. The lowest BCUT2D eigenvalue weighted by molar-refractivity contribution is 0.0976. The van der Waals surface area contributed by atoms with E-state index in [1.807, 2.05) is 31.2 Å². The van der Waals surface area contributed by atoms with Gasteiger partial charge in [-0.3, -0.25) is 0 Å². The molecule has 0 radical (unpaired) electrons. The number of hydrogen-bond acceptors (Lipinski definition) is 3. The van der Waals surface area contributed by atoms with E-state index in [0.717, 1.165) is 16.7 Å². The summed E-state index contributed by atoms with van der Waals surface area (Å²) in [5.74, 6) is 1.34. The predicted octanol–water partition coefficient (Wildman–Crippen LogP) is 4.07. The summed E-state index contributed by atoms with van der Waals surface area (Å²) in [5, 5.41) is 1.30. The van der Waals surface area contributed by atoms with E-state index in [9.17, 15) is 0 Å². The highest BCUT2D eigenvalue weighted by atomic mass is 35.5. The molecule has 2 aromatic carbocycles. The highest BCUT2D eigenvalue weighted by Crippen LogP contribution is 2.44. The van der Waals surface area contributed by atoms with Crippen molar-refractivity contribution in [1.29, 1.82) is 0 Å². The van der Waals surface area contributed by atoms with Crippen LogP contribution in [-0.2, 0) is 0 Å². The van der Waals surface area contributed by atoms with Crippen LogP contribution in [0.4, 0.5) is 0 Å². The van der Waals surface area contributed by atoms with Crippen LogP contribution in [-0.4, -0.2) is 19.3 Å². The normalized spacial score (nSPS) is 16.9. The van der Waals surface area contributed by atoms with Gasteiger partial charge >= 0.3 is 0 Å². The smallest absolute Gasteiger partial charge is 0.169 e. The molecule has 0 bridgehead atoms. The Balaban J connectivity index is 2.16. The van der Waals surface area contributed by atoms with Gasteiger partial charge in [0.25, 0.3) is 0 Å². The molecule has 1 atom stereocenters. The Morgan fingerprint density at radius 1 is 1.14 bits per heavy atom. The molecule has 0 amide bonds. The maximum atomic E-state index is 6.20. The molecule has 110 valence electrons. The van der Waals surface area contributed by atoms with Crippen molar-refractivity contribution in [1.82, 2.24) is 0 Å². The van der Waals surface area contributed by atoms with Crippen LogP contribution in [0.3, 0.4) is 0 Å². The number of hydrogen-bond donors (Lipinski definition) is 1. The standard InChI is InChI=1S/C16H15Cl2NO2/c1-9-4-10(17)2-3-13(9)14-5-11(18)6-15-16(14)21-12(7-19)8-20-15/h2-6,12H,7-8,19H2,1H3/t12-/m0/s1. The highest BCUT2D eigenvalue weighted by Gasteiger charge is 2.24. The fourth-order valence-electron chi connectivity index (χ4n) is 2.43. The van der Waals surface area contributed by atoms with Gasteiger partial charge in [0.2, 0.25) is 0 Å². The second kappa shape index (κ2) is 5.76. The molecule has 0 fully saturated rings. The van der Waals surface area contributed by atoms with Crippen molar-refractivity contribution < 1.29 is 9.47 Å². The first-order valence-electron chi connectivity index (χ1n) is 6.68. The summed E-state index contributed by atoms with van der Waals surface area (Å²) in [6.07, 6.45) is -0.148. The highest BCUT2D eigenvalue weighted by molar-refractivity contribution is 6.31. The number of aryl methyl sites for hydroxylation is 1. The molecule has 21 heavy (non-hydrogen) atoms. The minimum Gasteiger partial charge on any atom is -0.486 e. The molecule has 2 aromatic rings. The first-order valence-corrected chi connectivity index (χ1v) is 7.43. The molecule has 3 nitrogen and oxygen atoms in total. The zero-order valence-corrected chi connectivity index (χ0v) is 13.0. The number of ether oxygens (including phenoxy) is 2. The van der Waals surface area contributed by atoms with E-state index >= 15 is 0 Å². The van der Waals surface area contributed by atoms with Gasteiger partial charge in [-0.2, -0.15) is 0 Å². The van der Waals surface area contributed by atoms with Gasteiger partial charge < -0.3 is 15.2 Å². The Bertz CT molecular complexity index is 688. The minimum absolute atomic E-state index is 0.148. The second-order valence-corrected chi connectivity index (χ2v) is 5.90. The number of halogens is 2. The van der Waals surface area contributed by atoms with Crippen LogP contribution >= 0.6 is 23.2 Å². The summed E-state index contributed by atoms with van der Waals surface area (Å²) < 4.78 is 11.7. The lowest BCUT2D eigenvalue weighted by Crippen LogP contribution is -2.35. The third-order valence-electron chi connectivity index (χ3n) is 3.47. The number of rotatable bonds is 2. The van der Waals surface area contributed by atoms with Gasteiger partial charge in [0.15, 0.2) is 11.5 Å². The van der Waals surface area contributed by atoms with E-state index < -0.39 is 0 Å². The van der Waals surface area contributed by atoms with Gasteiger partial charge in [0, 0.05) is 28.2 Å². The summed E-state index contributed by atoms with van der Waals surface area (Å²) in [6.45, 7) is 2.84. The van der Waals surface area contributed by atoms with E-state index in [1.165, 1.54) is 0 Å². The van der Waals surface area contributed by atoms with Crippen molar-refractivity contribution in [2.75, 3.05) is 13.2 Å². The van der Waals surface area contributed by atoms with Crippen LogP contribution in [0, 0.1) is 6.92 Å². The monoisotopic (exact) mass is 323 g/mol. The average Bonchev–Trinajstić information content (AvgIpc) is 2.46. The largest absolute Gasteiger partial charge is 0.486 e. The van der Waals surface area contributed by atoms with Gasteiger partial charge in [-0.15, -0.1) is 0 Å². The van der Waals surface area contributed by atoms with E-state index in [1.54, 1.807) is 6.07 Å². The lowest BCUT2D eigenvalue weighted by Gasteiger charge is -2.28. The molecule has 0 saturated carbocycles. The Morgan fingerprint density at radius 2 is 1.95 bits per heavy atom. The zero-order chi connectivity index (χ0) is 15.0. The Hall–Kier alpha value is -1.42. The molecular weight excluding hydrogens is 309 g/mol. The van der Waals surface area contributed by atoms with Crippen molar-refractivity contribution in [3.63, 3.8) is 0 Å². The van der Waals surface area contributed by atoms with E-state index in [2.05, 4.69) is 0 Å². The van der Waals surface area contributed by atoms with Gasteiger partial charge in [-0.05, 0) is 36.2 Å². The van der Waals surface area contributed by atoms with Crippen LogP contribution in [0.15, 0.2) is 30.3 Å². The number of nitrogens with two attached hydrogens (primary N) is 1. The maximum Gasteiger partial charge on any atom is 0.169 e. The molecule has 0 spiro atoms. The molecule has 3 rings (SSSR count). The van der Waals surface area contributed by atoms with Crippen molar-refractivity contribution >= 4 is 23.2 Å². The second-order valence-electron chi connectivity index (χ2n) is 5.03. The third-order valence-corrected chi connectivity index (χ3v) is 3.92. The zero-order valence-electron chi connectivity index (χ0n) is 11.5. The topological polar surface area (TPSA) is 44.5 Å². The quantitative estimate of drug-likeness (QED) is 0.906. The van der Waals surface area contributed by atoms with E-state index in [4.69, 9.17) is 38.4 Å². The summed E-state index contributed by atoms with van der Waals surface area (Å²) in [6, 6.07) is 9.35. The van der Waals surface area contributed by atoms with Crippen LogP contribution in [0.25, 0.3) is 11.1 Å². The van der Waals surface area contributed by atoms with E-state index in [-0.39, 0.29) is 6.10 Å². The SMILES string of the molecule is Cc1cc(Cl)ccc1-c1cc(Cl)cc2c1O[C@@H](CN)CO2. The minimum atomic E-state index is -0.148. The van der Waals surface area contributed by atoms with E-state index in [0.29, 0.717) is 34.7 Å². The molecule has 2 N–H and O–H groups in total. The van der Waals surface area contributed by atoms with Crippen LogP contribution < -0.4 is 15.2 Å². The van der Waals surface area contributed by atoms with Gasteiger partial charge in [0.05, 0.1) is 0 Å². The summed E-state index contributed by atoms with van der Waals surface area (Å²) in [7, 11) is 0. The first kappa shape index (κ1) is 14.5. The first-order chi connectivity index (χ1) is 10.1. The number of fused-ring (bicyclic) bond motifs is 1.